The molecule has 5 nitrogen and oxygen atoms in total. The number of ether oxygens (including phenoxy) is 4. The van der Waals surface area contributed by atoms with Crippen molar-refractivity contribution in [2.24, 2.45) is 5.41 Å². The molecule has 0 fully saturated rings. The topological polar surface area (TPSA) is 54.0 Å². The first-order chi connectivity index (χ1) is 12.7. The first kappa shape index (κ1) is 21.1. The van der Waals surface area contributed by atoms with E-state index in [2.05, 4.69) is 13.8 Å². The summed E-state index contributed by atoms with van der Waals surface area (Å²) < 4.78 is 22.6. The van der Waals surface area contributed by atoms with Gasteiger partial charge in [0.25, 0.3) is 0 Å². The molecule has 0 heterocycles. The van der Waals surface area contributed by atoms with Gasteiger partial charge in [-0.05, 0) is 18.4 Å². The molecule has 0 radical (unpaired) electrons. The van der Waals surface area contributed by atoms with Crippen molar-refractivity contribution >= 4 is 5.78 Å². The van der Waals surface area contributed by atoms with Gasteiger partial charge in [-0.1, -0.05) is 27.7 Å². The minimum Gasteiger partial charge on any atom is -0.501 e. The van der Waals surface area contributed by atoms with Crippen LogP contribution in [0.25, 0.3) is 0 Å². The van der Waals surface area contributed by atoms with Gasteiger partial charge in [0.1, 0.15) is 11.5 Å². The lowest BCUT2D eigenvalue weighted by Gasteiger charge is -2.31. The predicted molar refractivity (Wildman–Crippen MR) is 106 cm³/mol. The lowest BCUT2D eigenvalue weighted by molar-refractivity contribution is -0.124. The van der Waals surface area contributed by atoms with Crippen molar-refractivity contribution in [3.8, 4) is 17.2 Å². The van der Waals surface area contributed by atoms with E-state index in [0.29, 0.717) is 23.5 Å². The van der Waals surface area contributed by atoms with Crippen molar-refractivity contribution in [2.75, 3.05) is 28.4 Å². The van der Waals surface area contributed by atoms with Gasteiger partial charge in [-0.15, -0.1) is 0 Å². The summed E-state index contributed by atoms with van der Waals surface area (Å²) in [7, 11) is 6.52. The summed E-state index contributed by atoms with van der Waals surface area (Å²) in [5.41, 5.74) is 2.12. The van der Waals surface area contributed by atoms with Gasteiger partial charge < -0.3 is 18.9 Å². The molecule has 0 bridgehead atoms. The van der Waals surface area contributed by atoms with Gasteiger partial charge in [-0.25, -0.2) is 0 Å². The fourth-order valence-corrected chi connectivity index (χ4v) is 3.78. The van der Waals surface area contributed by atoms with E-state index in [-0.39, 0.29) is 11.7 Å². The molecular formula is C22H32O5. The SMILES string of the molecule is COC1=C(Cc2cc(OC)c(C(C)C)c(OC)c2OC)C(=O)C(C)(C)CC1. The first-order valence-corrected chi connectivity index (χ1v) is 9.34. The maximum Gasteiger partial charge on any atom is 0.168 e. The largest absolute Gasteiger partial charge is 0.501 e. The molecule has 0 amide bonds. The highest BCUT2D eigenvalue weighted by Gasteiger charge is 2.37. The molecule has 1 aromatic rings. The molecule has 2 rings (SSSR count). The minimum absolute atomic E-state index is 0.124. The molecule has 0 spiro atoms. The third-order valence-corrected chi connectivity index (χ3v) is 5.33. The van der Waals surface area contributed by atoms with Crippen LogP contribution in [0.15, 0.2) is 17.4 Å². The van der Waals surface area contributed by atoms with E-state index in [1.165, 1.54) is 0 Å². The number of benzene rings is 1. The Labute approximate surface area is 162 Å². The molecule has 1 aliphatic rings. The summed E-state index contributed by atoms with van der Waals surface area (Å²) in [5.74, 6) is 3.11. The molecule has 150 valence electrons. The summed E-state index contributed by atoms with van der Waals surface area (Å²) in [6, 6.07) is 1.95. The Balaban J connectivity index is 2.64. The third kappa shape index (κ3) is 3.92. The van der Waals surface area contributed by atoms with E-state index in [9.17, 15) is 4.79 Å². The second kappa shape index (κ2) is 8.24. The van der Waals surface area contributed by atoms with Gasteiger partial charge in [0.05, 0.1) is 28.4 Å². The third-order valence-electron chi connectivity index (χ3n) is 5.33. The second-order valence-corrected chi connectivity index (χ2v) is 7.87. The summed E-state index contributed by atoms with van der Waals surface area (Å²) in [6.07, 6.45) is 1.96. The number of carbonyl (C=O) groups is 1. The quantitative estimate of drug-likeness (QED) is 0.692. The highest BCUT2D eigenvalue weighted by molar-refractivity contribution is 6.01. The standard InChI is InChI=1S/C22H32O5/c1-13(2)18-17(25-6)12-14(19(26-7)20(18)27-8)11-15-16(24-5)9-10-22(3,4)21(15)23/h12-13H,9-11H2,1-8H3. The van der Waals surface area contributed by atoms with Gasteiger partial charge in [0.2, 0.25) is 0 Å². The maximum absolute atomic E-state index is 13.1. The lowest BCUT2D eigenvalue weighted by atomic mass is 9.74. The van der Waals surface area contributed by atoms with E-state index in [0.717, 1.165) is 35.5 Å². The number of hydrogen-bond acceptors (Lipinski definition) is 5. The minimum atomic E-state index is -0.392. The van der Waals surface area contributed by atoms with E-state index in [4.69, 9.17) is 18.9 Å². The molecule has 0 saturated heterocycles. The van der Waals surface area contributed by atoms with Crippen LogP contribution in [-0.2, 0) is 16.0 Å². The normalized spacial score (nSPS) is 16.6. The number of carbonyl (C=O) groups excluding carboxylic acids is 1. The van der Waals surface area contributed by atoms with Crippen molar-refractivity contribution in [3.05, 3.63) is 28.5 Å². The second-order valence-electron chi connectivity index (χ2n) is 7.87. The number of Topliss-reactive ketones (excluding diaryl/α,β-unsaturated/α-hetero) is 1. The highest BCUT2D eigenvalue weighted by Crippen LogP contribution is 2.46. The number of rotatable bonds is 7. The van der Waals surface area contributed by atoms with Crippen molar-refractivity contribution in [2.45, 2.75) is 52.9 Å². The van der Waals surface area contributed by atoms with Gasteiger partial charge >= 0.3 is 0 Å². The van der Waals surface area contributed by atoms with Crippen LogP contribution in [0.5, 0.6) is 17.2 Å². The molecule has 5 heteroatoms. The Morgan fingerprint density at radius 3 is 2.11 bits per heavy atom. The van der Waals surface area contributed by atoms with Crippen molar-refractivity contribution in [1.82, 2.24) is 0 Å². The average Bonchev–Trinajstić information content (AvgIpc) is 2.64. The molecular weight excluding hydrogens is 344 g/mol. The average molecular weight is 376 g/mol. The van der Waals surface area contributed by atoms with E-state index < -0.39 is 5.41 Å². The molecule has 0 aliphatic heterocycles. The van der Waals surface area contributed by atoms with E-state index in [1.807, 2.05) is 19.9 Å². The van der Waals surface area contributed by atoms with Crippen LogP contribution >= 0.6 is 0 Å². The van der Waals surface area contributed by atoms with Crippen LogP contribution in [0.1, 0.15) is 57.6 Å². The smallest absolute Gasteiger partial charge is 0.168 e. The number of methoxy groups -OCH3 is 4. The number of ketones is 1. The maximum atomic E-state index is 13.1. The zero-order valence-corrected chi connectivity index (χ0v) is 17.8. The Morgan fingerprint density at radius 2 is 1.63 bits per heavy atom. The van der Waals surface area contributed by atoms with Gasteiger partial charge in [0, 0.05) is 35.0 Å². The van der Waals surface area contributed by atoms with E-state index >= 15 is 0 Å². The number of allylic oxidation sites excluding steroid dienone is 2. The summed E-state index contributed by atoms with van der Waals surface area (Å²) in [6.45, 7) is 8.14. The Bertz CT molecular complexity index is 744. The van der Waals surface area contributed by atoms with Gasteiger partial charge in [0.15, 0.2) is 17.3 Å². The molecule has 27 heavy (non-hydrogen) atoms. The molecule has 0 N–H and O–H groups in total. The Morgan fingerprint density at radius 1 is 1.00 bits per heavy atom. The molecule has 1 aliphatic carbocycles. The lowest BCUT2D eigenvalue weighted by Crippen LogP contribution is -2.32. The van der Waals surface area contributed by atoms with Crippen LogP contribution in [0.4, 0.5) is 0 Å². The first-order valence-electron chi connectivity index (χ1n) is 9.34. The molecule has 0 aromatic heterocycles. The molecule has 0 atom stereocenters. The van der Waals surface area contributed by atoms with Crippen LogP contribution in [0.3, 0.4) is 0 Å². The Hall–Kier alpha value is -2.17. The van der Waals surface area contributed by atoms with Crippen LogP contribution in [0.2, 0.25) is 0 Å². The zero-order chi connectivity index (χ0) is 20.4. The molecule has 1 aromatic carbocycles. The number of hydrogen-bond donors (Lipinski definition) is 0. The van der Waals surface area contributed by atoms with Crippen LogP contribution in [-0.4, -0.2) is 34.2 Å². The highest BCUT2D eigenvalue weighted by atomic mass is 16.5. The Kier molecular flexibility index (Phi) is 6.45. The van der Waals surface area contributed by atoms with Gasteiger partial charge in [-0.3, -0.25) is 4.79 Å². The summed E-state index contributed by atoms with van der Waals surface area (Å²) >= 11 is 0. The van der Waals surface area contributed by atoms with Crippen LogP contribution < -0.4 is 14.2 Å². The van der Waals surface area contributed by atoms with Crippen molar-refractivity contribution in [3.63, 3.8) is 0 Å². The fourth-order valence-electron chi connectivity index (χ4n) is 3.78. The zero-order valence-electron chi connectivity index (χ0n) is 17.8. The predicted octanol–water partition coefficient (Wildman–Crippen LogP) is 4.67. The van der Waals surface area contributed by atoms with Crippen molar-refractivity contribution < 1.29 is 23.7 Å². The van der Waals surface area contributed by atoms with Crippen LogP contribution in [0, 0.1) is 5.41 Å². The molecule has 0 unspecified atom stereocenters. The summed E-state index contributed by atoms with van der Waals surface area (Å²) in [5, 5.41) is 0. The monoisotopic (exact) mass is 376 g/mol. The summed E-state index contributed by atoms with van der Waals surface area (Å²) in [4.78, 5) is 13.1. The van der Waals surface area contributed by atoms with Crippen molar-refractivity contribution in [1.29, 1.82) is 0 Å². The van der Waals surface area contributed by atoms with E-state index in [1.54, 1.807) is 28.4 Å². The fraction of sp³-hybridized carbons (Fsp3) is 0.591. The van der Waals surface area contributed by atoms with Gasteiger partial charge in [-0.2, -0.15) is 0 Å². The molecule has 0 saturated carbocycles.